The number of carboxylic acids is 1. The largest absolute Gasteiger partial charge is 0.481 e. The van der Waals surface area contributed by atoms with Gasteiger partial charge in [-0.3, -0.25) is 9.59 Å². The molecule has 2 aromatic rings. The van der Waals surface area contributed by atoms with Crippen molar-refractivity contribution in [3.05, 3.63) is 46.8 Å². The fraction of sp³-hybridized carbons (Fsp3) is 0.0909. The van der Waals surface area contributed by atoms with E-state index in [1.807, 2.05) is 12.1 Å². The Labute approximate surface area is 85.8 Å². The van der Waals surface area contributed by atoms with Crippen LogP contribution in [0.2, 0.25) is 0 Å². The van der Waals surface area contributed by atoms with Gasteiger partial charge in [0.2, 0.25) is 0 Å². The standard InChI is InChI=1S/C9H6O2.C2H4O2/c10-8-5-6-11-9-4-2-1-3-7(8)9;1-2(3)4/h1-6H;1H3,(H,3,4). The van der Waals surface area contributed by atoms with Crippen LogP contribution in [0.3, 0.4) is 0 Å². The quantitative estimate of drug-likeness (QED) is 0.714. The Kier molecular flexibility index (Phi) is 3.62. The van der Waals surface area contributed by atoms with Crippen LogP contribution >= 0.6 is 0 Å². The molecule has 1 aromatic heterocycles. The zero-order valence-corrected chi connectivity index (χ0v) is 8.14. The maximum atomic E-state index is 11.1. The van der Waals surface area contributed by atoms with Gasteiger partial charge in [0.05, 0.1) is 11.6 Å². The smallest absolute Gasteiger partial charge is 0.300 e. The number of rotatable bonds is 0. The molecule has 0 saturated carbocycles. The summed E-state index contributed by atoms with van der Waals surface area (Å²) in [6.07, 6.45) is 1.41. The van der Waals surface area contributed by atoms with E-state index in [1.165, 1.54) is 12.3 Å². The summed E-state index contributed by atoms with van der Waals surface area (Å²) in [7, 11) is 0. The van der Waals surface area contributed by atoms with Gasteiger partial charge in [0.25, 0.3) is 5.97 Å². The Morgan fingerprint density at radius 3 is 2.47 bits per heavy atom. The molecule has 1 aromatic carbocycles. The van der Waals surface area contributed by atoms with Gasteiger partial charge in [-0.15, -0.1) is 0 Å². The average molecular weight is 206 g/mol. The topological polar surface area (TPSA) is 67.5 Å². The number of benzene rings is 1. The second-order valence-corrected chi connectivity index (χ2v) is 2.80. The molecule has 0 saturated heterocycles. The van der Waals surface area contributed by atoms with Gasteiger partial charge < -0.3 is 9.52 Å². The third-order valence-corrected chi connectivity index (χ3v) is 1.57. The van der Waals surface area contributed by atoms with Crippen molar-refractivity contribution >= 4 is 16.9 Å². The van der Waals surface area contributed by atoms with E-state index in [0.717, 1.165) is 6.92 Å². The first-order chi connectivity index (χ1) is 7.11. The van der Waals surface area contributed by atoms with Crippen molar-refractivity contribution in [1.29, 1.82) is 0 Å². The van der Waals surface area contributed by atoms with Crippen LogP contribution in [0.25, 0.3) is 11.0 Å². The molecule has 1 heterocycles. The number of hydrogen-bond donors (Lipinski definition) is 1. The molecule has 1 N–H and O–H groups in total. The molecule has 0 bridgehead atoms. The second kappa shape index (κ2) is 4.95. The van der Waals surface area contributed by atoms with Crippen LogP contribution in [-0.4, -0.2) is 11.1 Å². The van der Waals surface area contributed by atoms with Crippen LogP contribution in [0.15, 0.2) is 45.8 Å². The number of aliphatic carboxylic acids is 1. The van der Waals surface area contributed by atoms with Gasteiger partial charge in [0.15, 0.2) is 5.43 Å². The molecule has 0 aliphatic carbocycles. The van der Waals surface area contributed by atoms with E-state index in [-0.39, 0.29) is 5.43 Å². The molecule has 4 heteroatoms. The molecule has 0 fully saturated rings. The number of para-hydroxylation sites is 1. The lowest BCUT2D eigenvalue weighted by Gasteiger charge is -1.91. The predicted octanol–water partition coefficient (Wildman–Crippen LogP) is 1.88. The second-order valence-electron chi connectivity index (χ2n) is 2.80. The molecule has 0 atom stereocenters. The zero-order valence-electron chi connectivity index (χ0n) is 8.14. The van der Waals surface area contributed by atoms with Crippen LogP contribution in [0, 0.1) is 0 Å². The van der Waals surface area contributed by atoms with Crippen molar-refractivity contribution in [2.24, 2.45) is 0 Å². The molecule has 0 radical (unpaired) electrons. The highest BCUT2D eigenvalue weighted by Crippen LogP contribution is 2.06. The summed E-state index contributed by atoms with van der Waals surface area (Å²) in [5.41, 5.74) is 0.645. The van der Waals surface area contributed by atoms with Gasteiger partial charge in [-0.05, 0) is 12.1 Å². The molecule has 4 nitrogen and oxygen atoms in total. The summed E-state index contributed by atoms with van der Waals surface area (Å²) in [4.78, 5) is 20.1. The molecule has 2 rings (SSSR count). The minimum Gasteiger partial charge on any atom is -0.481 e. The van der Waals surface area contributed by atoms with Crippen molar-refractivity contribution in [3.8, 4) is 0 Å². The third kappa shape index (κ3) is 3.27. The molecule has 0 spiro atoms. The Bertz CT molecular complexity index is 504. The van der Waals surface area contributed by atoms with Crippen molar-refractivity contribution in [1.82, 2.24) is 0 Å². The van der Waals surface area contributed by atoms with E-state index >= 15 is 0 Å². The number of fused-ring (bicyclic) bond motifs is 1. The van der Waals surface area contributed by atoms with Gasteiger partial charge in [-0.25, -0.2) is 0 Å². The minimum absolute atomic E-state index is 0.00634. The van der Waals surface area contributed by atoms with E-state index in [2.05, 4.69) is 0 Å². The first-order valence-electron chi connectivity index (χ1n) is 4.27. The van der Waals surface area contributed by atoms with E-state index in [1.54, 1.807) is 12.1 Å². The van der Waals surface area contributed by atoms with Crippen molar-refractivity contribution in [3.63, 3.8) is 0 Å². The SMILES string of the molecule is CC(=O)O.O=c1ccoc2ccccc12. The molecule has 15 heavy (non-hydrogen) atoms. The van der Waals surface area contributed by atoms with Crippen LogP contribution in [0.5, 0.6) is 0 Å². The molecule has 0 unspecified atom stereocenters. The minimum atomic E-state index is -0.833. The summed E-state index contributed by atoms with van der Waals surface area (Å²) in [5, 5.41) is 8.05. The number of hydrogen-bond acceptors (Lipinski definition) is 3. The van der Waals surface area contributed by atoms with Crippen LogP contribution in [0.1, 0.15) is 6.92 Å². The summed E-state index contributed by atoms with van der Waals surface area (Å²) in [5.74, 6) is -0.833. The zero-order chi connectivity index (χ0) is 11.3. The maximum Gasteiger partial charge on any atom is 0.300 e. The average Bonchev–Trinajstić information content (AvgIpc) is 2.18. The van der Waals surface area contributed by atoms with E-state index in [0.29, 0.717) is 11.0 Å². The van der Waals surface area contributed by atoms with Gasteiger partial charge >= 0.3 is 0 Å². The Balaban J connectivity index is 0.000000245. The summed E-state index contributed by atoms with van der Waals surface area (Å²) < 4.78 is 5.09. The molecule has 0 aliphatic heterocycles. The summed E-state index contributed by atoms with van der Waals surface area (Å²) in [6.45, 7) is 1.08. The molecule has 0 aliphatic rings. The van der Waals surface area contributed by atoms with Crippen molar-refractivity contribution in [2.45, 2.75) is 6.92 Å². The summed E-state index contributed by atoms with van der Waals surface area (Å²) in [6, 6.07) is 8.60. The molecule has 78 valence electrons. The summed E-state index contributed by atoms with van der Waals surface area (Å²) >= 11 is 0. The fourth-order valence-electron chi connectivity index (χ4n) is 1.03. The first-order valence-corrected chi connectivity index (χ1v) is 4.27. The van der Waals surface area contributed by atoms with Gasteiger partial charge in [-0.1, -0.05) is 12.1 Å². The molecular weight excluding hydrogens is 196 g/mol. The van der Waals surface area contributed by atoms with E-state index in [9.17, 15) is 4.79 Å². The normalized spacial score (nSPS) is 9.13. The molecular formula is C11H10O4. The lowest BCUT2D eigenvalue weighted by Crippen LogP contribution is -1.96. The van der Waals surface area contributed by atoms with Crippen molar-refractivity contribution in [2.75, 3.05) is 0 Å². The molecule has 0 amide bonds. The fourth-order valence-corrected chi connectivity index (χ4v) is 1.03. The highest BCUT2D eigenvalue weighted by Gasteiger charge is 1.95. The number of carboxylic acid groups (broad SMARTS) is 1. The lowest BCUT2D eigenvalue weighted by molar-refractivity contribution is -0.134. The highest BCUT2D eigenvalue weighted by atomic mass is 16.4. The third-order valence-electron chi connectivity index (χ3n) is 1.57. The Morgan fingerprint density at radius 1 is 1.27 bits per heavy atom. The Morgan fingerprint density at radius 2 is 1.87 bits per heavy atom. The highest BCUT2D eigenvalue weighted by molar-refractivity contribution is 5.75. The van der Waals surface area contributed by atoms with Crippen LogP contribution < -0.4 is 5.43 Å². The van der Waals surface area contributed by atoms with Crippen LogP contribution in [-0.2, 0) is 4.79 Å². The lowest BCUT2D eigenvalue weighted by atomic mass is 10.2. The van der Waals surface area contributed by atoms with Crippen molar-refractivity contribution < 1.29 is 14.3 Å². The van der Waals surface area contributed by atoms with Gasteiger partial charge in [0.1, 0.15) is 5.58 Å². The monoisotopic (exact) mass is 206 g/mol. The number of carbonyl (C=O) groups is 1. The van der Waals surface area contributed by atoms with Crippen LogP contribution in [0.4, 0.5) is 0 Å². The van der Waals surface area contributed by atoms with Gasteiger partial charge in [0, 0.05) is 13.0 Å². The van der Waals surface area contributed by atoms with E-state index < -0.39 is 5.97 Å². The Hall–Kier alpha value is -2.10. The van der Waals surface area contributed by atoms with Gasteiger partial charge in [-0.2, -0.15) is 0 Å². The van der Waals surface area contributed by atoms with E-state index in [4.69, 9.17) is 14.3 Å². The maximum absolute atomic E-state index is 11.1. The first kappa shape index (κ1) is 11.0. The predicted molar refractivity (Wildman–Crippen MR) is 55.8 cm³/mol.